The molecular weight excluding hydrogens is 204 g/mol. The van der Waals surface area contributed by atoms with Crippen molar-refractivity contribution in [3.05, 3.63) is 30.3 Å². The van der Waals surface area contributed by atoms with Gasteiger partial charge in [0, 0.05) is 5.69 Å². The van der Waals surface area contributed by atoms with Crippen molar-refractivity contribution in [2.24, 2.45) is 11.8 Å². The summed E-state index contributed by atoms with van der Waals surface area (Å²) < 4.78 is 0. The summed E-state index contributed by atoms with van der Waals surface area (Å²) in [5.74, 6) is 5.27. The fraction of sp³-hybridized carbons (Fsp3) is 0.417. The highest BCUT2D eigenvalue weighted by atomic mass is 16.6. The summed E-state index contributed by atoms with van der Waals surface area (Å²) in [5.41, 5.74) is 0.748. The third-order valence-electron chi connectivity index (χ3n) is 2.18. The molecule has 1 aromatic rings. The molecule has 3 N–H and O–H groups in total. The predicted molar refractivity (Wildman–Crippen MR) is 63.6 cm³/mol. The molecule has 0 aliphatic carbocycles. The highest BCUT2D eigenvalue weighted by Crippen LogP contribution is 2.11. The van der Waals surface area contributed by atoms with Gasteiger partial charge < -0.3 is 5.32 Å². The number of nitrogens with one attached hydrogen (secondary N) is 1. The number of para-hydroxylation sites is 1. The van der Waals surface area contributed by atoms with Gasteiger partial charge in [0.2, 0.25) is 0 Å². The monoisotopic (exact) mass is 222 g/mol. The summed E-state index contributed by atoms with van der Waals surface area (Å²) in [6.45, 7) is 4.03. The molecule has 1 amide bonds. The molecule has 0 bridgehead atoms. The van der Waals surface area contributed by atoms with Crippen LogP contribution < -0.4 is 11.2 Å². The van der Waals surface area contributed by atoms with E-state index in [1.54, 1.807) is 0 Å². The third-order valence-corrected chi connectivity index (χ3v) is 2.18. The SMILES string of the molecule is CC(C)C[C@@H](ON)C(=O)Nc1ccccc1. The van der Waals surface area contributed by atoms with Gasteiger partial charge in [-0.3, -0.25) is 9.63 Å². The molecule has 0 fully saturated rings. The lowest BCUT2D eigenvalue weighted by molar-refractivity contribution is -0.128. The number of nitrogens with two attached hydrogens (primary N) is 1. The lowest BCUT2D eigenvalue weighted by Gasteiger charge is -2.16. The molecule has 0 saturated carbocycles. The van der Waals surface area contributed by atoms with Crippen molar-refractivity contribution in [2.75, 3.05) is 5.32 Å². The minimum Gasteiger partial charge on any atom is -0.324 e. The fourth-order valence-corrected chi connectivity index (χ4v) is 1.40. The molecule has 16 heavy (non-hydrogen) atoms. The maximum Gasteiger partial charge on any atom is 0.255 e. The van der Waals surface area contributed by atoms with Crippen molar-refractivity contribution in [3.8, 4) is 0 Å². The Bertz CT molecular complexity index is 325. The second-order valence-corrected chi connectivity index (χ2v) is 4.11. The van der Waals surface area contributed by atoms with E-state index in [-0.39, 0.29) is 5.91 Å². The van der Waals surface area contributed by atoms with Gasteiger partial charge in [-0.1, -0.05) is 32.0 Å². The molecule has 0 saturated heterocycles. The summed E-state index contributed by atoms with van der Waals surface area (Å²) in [4.78, 5) is 16.4. The zero-order valence-corrected chi connectivity index (χ0v) is 9.64. The normalized spacial score (nSPS) is 12.5. The van der Waals surface area contributed by atoms with Crippen LogP contribution in [0.5, 0.6) is 0 Å². The molecule has 88 valence electrons. The van der Waals surface area contributed by atoms with E-state index in [4.69, 9.17) is 5.90 Å². The Labute approximate surface area is 95.7 Å². The molecule has 0 aromatic heterocycles. The summed E-state index contributed by atoms with van der Waals surface area (Å²) >= 11 is 0. The van der Waals surface area contributed by atoms with E-state index >= 15 is 0 Å². The van der Waals surface area contributed by atoms with Crippen LogP contribution >= 0.6 is 0 Å². The van der Waals surface area contributed by atoms with E-state index in [1.165, 1.54) is 0 Å². The van der Waals surface area contributed by atoms with Gasteiger partial charge in [-0.25, -0.2) is 5.90 Å². The van der Waals surface area contributed by atoms with Crippen molar-refractivity contribution in [1.82, 2.24) is 0 Å². The van der Waals surface area contributed by atoms with Gasteiger partial charge in [-0.2, -0.15) is 0 Å². The molecule has 0 spiro atoms. The summed E-state index contributed by atoms with van der Waals surface area (Å²) in [6, 6.07) is 9.25. The van der Waals surface area contributed by atoms with Gasteiger partial charge in [0.15, 0.2) is 6.10 Å². The van der Waals surface area contributed by atoms with Crippen LogP contribution in [0.2, 0.25) is 0 Å². The Hall–Kier alpha value is -1.39. The minimum atomic E-state index is -0.597. The van der Waals surface area contributed by atoms with Crippen molar-refractivity contribution in [2.45, 2.75) is 26.4 Å². The van der Waals surface area contributed by atoms with Crippen LogP contribution in [0.25, 0.3) is 0 Å². The highest BCUT2D eigenvalue weighted by Gasteiger charge is 2.19. The van der Waals surface area contributed by atoms with Crippen LogP contribution in [-0.4, -0.2) is 12.0 Å². The van der Waals surface area contributed by atoms with E-state index < -0.39 is 6.10 Å². The molecule has 4 nitrogen and oxygen atoms in total. The number of amides is 1. The quantitative estimate of drug-likeness (QED) is 0.748. The Balaban J connectivity index is 2.56. The molecule has 1 atom stereocenters. The van der Waals surface area contributed by atoms with Crippen LogP contribution in [0.1, 0.15) is 20.3 Å². The van der Waals surface area contributed by atoms with Crippen LogP contribution in [0, 0.1) is 5.92 Å². The number of carbonyl (C=O) groups is 1. The fourth-order valence-electron chi connectivity index (χ4n) is 1.40. The largest absolute Gasteiger partial charge is 0.324 e. The summed E-state index contributed by atoms with van der Waals surface area (Å²) in [6.07, 6.45) is 0.00929. The first-order valence-corrected chi connectivity index (χ1v) is 5.35. The molecule has 0 unspecified atom stereocenters. The van der Waals surface area contributed by atoms with Crippen LogP contribution in [0.15, 0.2) is 30.3 Å². The second kappa shape index (κ2) is 6.25. The van der Waals surface area contributed by atoms with Gasteiger partial charge in [-0.15, -0.1) is 0 Å². The first-order chi connectivity index (χ1) is 7.63. The van der Waals surface area contributed by atoms with Crippen molar-refractivity contribution < 1.29 is 9.63 Å². The zero-order chi connectivity index (χ0) is 12.0. The maximum atomic E-state index is 11.8. The van der Waals surface area contributed by atoms with Crippen molar-refractivity contribution >= 4 is 11.6 Å². The molecule has 1 rings (SSSR count). The molecule has 1 aromatic carbocycles. The number of hydrogen-bond donors (Lipinski definition) is 2. The summed E-state index contributed by atoms with van der Waals surface area (Å²) in [7, 11) is 0. The Morgan fingerprint density at radius 2 is 2.00 bits per heavy atom. The van der Waals surface area contributed by atoms with E-state index in [9.17, 15) is 4.79 Å². The molecule has 0 radical (unpaired) electrons. The average Bonchev–Trinajstić information content (AvgIpc) is 2.26. The van der Waals surface area contributed by atoms with Gasteiger partial charge in [0.25, 0.3) is 5.91 Å². The summed E-state index contributed by atoms with van der Waals surface area (Å²) in [5, 5.41) is 2.75. The zero-order valence-electron chi connectivity index (χ0n) is 9.64. The van der Waals surface area contributed by atoms with Crippen LogP contribution in [0.4, 0.5) is 5.69 Å². The first kappa shape index (κ1) is 12.7. The topological polar surface area (TPSA) is 64.3 Å². The lowest BCUT2D eigenvalue weighted by Crippen LogP contribution is -2.33. The molecule has 0 aliphatic rings. The van der Waals surface area contributed by atoms with Gasteiger partial charge in [-0.05, 0) is 24.5 Å². The predicted octanol–water partition coefficient (Wildman–Crippen LogP) is 1.93. The standard InChI is InChI=1S/C12H18N2O2/c1-9(2)8-11(16-13)12(15)14-10-6-4-3-5-7-10/h3-7,9,11H,8,13H2,1-2H3,(H,14,15)/t11-/m1/s1. The van der Waals surface area contributed by atoms with E-state index in [0.29, 0.717) is 12.3 Å². The smallest absolute Gasteiger partial charge is 0.255 e. The van der Waals surface area contributed by atoms with E-state index in [2.05, 4.69) is 10.2 Å². The number of carbonyl (C=O) groups excluding carboxylic acids is 1. The van der Waals surface area contributed by atoms with Crippen LogP contribution in [-0.2, 0) is 9.63 Å². The van der Waals surface area contributed by atoms with Crippen LogP contribution in [0.3, 0.4) is 0 Å². The number of hydrogen-bond acceptors (Lipinski definition) is 3. The highest BCUT2D eigenvalue weighted by molar-refractivity contribution is 5.94. The second-order valence-electron chi connectivity index (χ2n) is 4.11. The number of anilines is 1. The molecule has 0 heterocycles. The third kappa shape index (κ3) is 4.00. The molecule has 0 aliphatic heterocycles. The Kier molecular flexibility index (Phi) is 4.95. The number of rotatable bonds is 5. The lowest BCUT2D eigenvalue weighted by atomic mass is 10.1. The molecular formula is C12H18N2O2. The molecule has 4 heteroatoms. The Morgan fingerprint density at radius 3 is 2.50 bits per heavy atom. The van der Waals surface area contributed by atoms with E-state index in [0.717, 1.165) is 5.69 Å². The van der Waals surface area contributed by atoms with Gasteiger partial charge in [0.1, 0.15) is 0 Å². The average molecular weight is 222 g/mol. The van der Waals surface area contributed by atoms with Crippen molar-refractivity contribution in [3.63, 3.8) is 0 Å². The van der Waals surface area contributed by atoms with Crippen molar-refractivity contribution in [1.29, 1.82) is 0 Å². The van der Waals surface area contributed by atoms with Gasteiger partial charge in [0.05, 0.1) is 0 Å². The minimum absolute atomic E-state index is 0.206. The Morgan fingerprint density at radius 1 is 1.38 bits per heavy atom. The number of benzene rings is 1. The van der Waals surface area contributed by atoms with Gasteiger partial charge >= 0.3 is 0 Å². The van der Waals surface area contributed by atoms with E-state index in [1.807, 2.05) is 44.2 Å². The maximum absolute atomic E-state index is 11.8. The first-order valence-electron chi connectivity index (χ1n) is 5.35.